The van der Waals surface area contributed by atoms with Crippen molar-refractivity contribution in [1.29, 1.82) is 0 Å². The van der Waals surface area contributed by atoms with Crippen molar-refractivity contribution in [3.63, 3.8) is 0 Å². The lowest BCUT2D eigenvalue weighted by Crippen LogP contribution is -2.11. The zero-order valence-corrected chi connectivity index (χ0v) is 12.8. The second-order valence-electron chi connectivity index (χ2n) is 4.71. The molecular weight excluding hydrogens is 304 g/mol. The van der Waals surface area contributed by atoms with Gasteiger partial charge in [-0.15, -0.1) is 0 Å². The molecular formula is C14H17BrN4. The van der Waals surface area contributed by atoms with Gasteiger partial charge in [-0.2, -0.15) is 0 Å². The molecule has 0 spiro atoms. The van der Waals surface area contributed by atoms with Crippen LogP contribution in [0, 0.1) is 0 Å². The van der Waals surface area contributed by atoms with Crippen LogP contribution in [0.1, 0.15) is 44.2 Å². The summed E-state index contributed by atoms with van der Waals surface area (Å²) >= 11 is 3.42. The van der Waals surface area contributed by atoms with Gasteiger partial charge in [0, 0.05) is 18.2 Å². The first-order valence-electron chi connectivity index (χ1n) is 6.28. The molecule has 100 valence electrons. The van der Waals surface area contributed by atoms with Gasteiger partial charge in [-0.25, -0.2) is 9.97 Å². The molecule has 2 rings (SSSR count). The van der Waals surface area contributed by atoms with Gasteiger partial charge in [0.15, 0.2) is 0 Å². The zero-order chi connectivity index (χ0) is 13.8. The summed E-state index contributed by atoms with van der Waals surface area (Å²) in [4.78, 5) is 13.2. The van der Waals surface area contributed by atoms with Crippen LogP contribution in [0.5, 0.6) is 0 Å². The molecule has 0 aromatic carbocycles. The summed E-state index contributed by atoms with van der Waals surface area (Å²) in [6, 6.07) is 7.87. The fourth-order valence-electron chi connectivity index (χ4n) is 1.70. The molecule has 1 N–H and O–H groups in total. The van der Waals surface area contributed by atoms with Crippen LogP contribution in [0.3, 0.4) is 0 Å². The monoisotopic (exact) mass is 320 g/mol. The van der Waals surface area contributed by atoms with Gasteiger partial charge < -0.3 is 5.32 Å². The molecule has 1 unspecified atom stereocenters. The first-order chi connectivity index (χ1) is 9.06. The van der Waals surface area contributed by atoms with Crippen LogP contribution < -0.4 is 5.32 Å². The topological polar surface area (TPSA) is 50.7 Å². The average molecular weight is 321 g/mol. The molecule has 0 aliphatic carbocycles. The maximum absolute atomic E-state index is 4.52. The minimum Gasteiger partial charge on any atom is -0.362 e. The first kappa shape index (κ1) is 13.9. The van der Waals surface area contributed by atoms with E-state index in [1.807, 2.05) is 24.3 Å². The van der Waals surface area contributed by atoms with Crippen molar-refractivity contribution in [2.75, 3.05) is 5.32 Å². The predicted molar refractivity (Wildman–Crippen MR) is 80.1 cm³/mol. The molecule has 19 heavy (non-hydrogen) atoms. The van der Waals surface area contributed by atoms with E-state index < -0.39 is 0 Å². The van der Waals surface area contributed by atoms with Crippen LogP contribution in [0.4, 0.5) is 5.82 Å². The maximum Gasteiger partial charge on any atom is 0.134 e. The zero-order valence-electron chi connectivity index (χ0n) is 11.3. The molecule has 2 heterocycles. The van der Waals surface area contributed by atoms with Gasteiger partial charge in [-0.3, -0.25) is 4.98 Å². The molecule has 1 atom stereocenters. The fourth-order valence-corrected chi connectivity index (χ4v) is 2.09. The second kappa shape index (κ2) is 6.10. The molecule has 2 aromatic heterocycles. The van der Waals surface area contributed by atoms with E-state index in [9.17, 15) is 0 Å². The van der Waals surface area contributed by atoms with Crippen LogP contribution in [0.25, 0.3) is 0 Å². The van der Waals surface area contributed by atoms with Crippen LogP contribution >= 0.6 is 15.9 Å². The van der Waals surface area contributed by atoms with Crippen molar-refractivity contribution in [1.82, 2.24) is 15.0 Å². The quantitative estimate of drug-likeness (QED) is 0.867. The van der Waals surface area contributed by atoms with E-state index in [1.165, 1.54) is 0 Å². The first-order valence-corrected chi connectivity index (χ1v) is 7.07. The Bertz CT molecular complexity index is 542. The van der Waals surface area contributed by atoms with Crippen molar-refractivity contribution in [2.45, 2.75) is 32.7 Å². The Hall–Kier alpha value is -1.49. The van der Waals surface area contributed by atoms with Crippen LogP contribution in [0.15, 0.2) is 35.1 Å². The van der Waals surface area contributed by atoms with E-state index in [4.69, 9.17) is 0 Å². The van der Waals surface area contributed by atoms with Gasteiger partial charge in [0.05, 0.1) is 11.7 Å². The van der Waals surface area contributed by atoms with Gasteiger partial charge in [0.25, 0.3) is 0 Å². The Morgan fingerprint density at radius 1 is 1.16 bits per heavy atom. The highest BCUT2D eigenvalue weighted by Crippen LogP contribution is 2.21. The minimum absolute atomic E-state index is 0.100. The van der Waals surface area contributed by atoms with Crippen molar-refractivity contribution < 1.29 is 0 Å². The number of hydrogen-bond donors (Lipinski definition) is 1. The summed E-state index contributed by atoms with van der Waals surface area (Å²) in [5.74, 6) is 1.93. The molecule has 0 bridgehead atoms. The predicted octanol–water partition coefficient (Wildman–Crippen LogP) is 3.93. The van der Waals surface area contributed by atoms with Crippen LogP contribution in [-0.4, -0.2) is 15.0 Å². The number of nitrogens with one attached hydrogen (secondary N) is 1. The molecule has 0 saturated carbocycles. The standard InChI is InChI=1S/C14H17BrN4/c1-9(2)14-18-12(15)8-13(19-14)17-10(3)11-6-4-5-7-16-11/h4-10H,1-3H3,(H,17,18,19). The van der Waals surface area contributed by atoms with Gasteiger partial charge in [-0.1, -0.05) is 19.9 Å². The molecule has 4 nitrogen and oxygen atoms in total. The summed E-state index contributed by atoms with van der Waals surface area (Å²) in [5, 5.41) is 3.35. The van der Waals surface area contributed by atoms with Crippen molar-refractivity contribution in [2.24, 2.45) is 0 Å². The van der Waals surface area contributed by atoms with Crippen LogP contribution in [0.2, 0.25) is 0 Å². The Balaban J connectivity index is 2.19. The second-order valence-corrected chi connectivity index (χ2v) is 5.52. The molecule has 0 radical (unpaired) electrons. The number of rotatable bonds is 4. The summed E-state index contributed by atoms with van der Waals surface area (Å²) in [6.07, 6.45) is 1.79. The maximum atomic E-state index is 4.52. The van der Waals surface area contributed by atoms with Crippen LogP contribution in [-0.2, 0) is 0 Å². The SMILES string of the molecule is CC(C)c1nc(Br)cc(NC(C)c2ccccn2)n1. The third-order valence-electron chi connectivity index (χ3n) is 2.72. The van der Waals surface area contributed by atoms with E-state index in [0.717, 1.165) is 21.9 Å². The van der Waals surface area contributed by atoms with E-state index in [0.29, 0.717) is 5.92 Å². The number of pyridine rings is 1. The smallest absolute Gasteiger partial charge is 0.134 e. The van der Waals surface area contributed by atoms with E-state index in [2.05, 4.69) is 57.0 Å². The Labute approximate surface area is 121 Å². The minimum atomic E-state index is 0.100. The van der Waals surface area contributed by atoms with E-state index in [1.54, 1.807) is 6.20 Å². The lowest BCUT2D eigenvalue weighted by molar-refractivity contribution is 0.760. The lowest BCUT2D eigenvalue weighted by Gasteiger charge is -2.15. The summed E-state index contributed by atoms with van der Waals surface area (Å²) in [7, 11) is 0. The Morgan fingerprint density at radius 3 is 2.58 bits per heavy atom. The summed E-state index contributed by atoms with van der Waals surface area (Å²) in [5.41, 5.74) is 0.989. The molecule has 2 aromatic rings. The average Bonchev–Trinajstić information content (AvgIpc) is 2.39. The van der Waals surface area contributed by atoms with Crippen molar-refractivity contribution >= 4 is 21.7 Å². The molecule has 5 heteroatoms. The Morgan fingerprint density at radius 2 is 1.95 bits per heavy atom. The largest absolute Gasteiger partial charge is 0.362 e. The van der Waals surface area contributed by atoms with Gasteiger partial charge in [0.1, 0.15) is 16.2 Å². The normalized spacial score (nSPS) is 12.5. The van der Waals surface area contributed by atoms with E-state index in [-0.39, 0.29) is 6.04 Å². The van der Waals surface area contributed by atoms with Gasteiger partial charge in [-0.05, 0) is 35.0 Å². The highest BCUT2D eigenvalue weighted by atomic mass is 79.9. The molecule has 0 amide bonds. The molecule has 0 aliphatic rings. The number of hydrogen-bond acceptors (Lipinski definition) is 4. The molecule has 0 saturated heterocycles. The van der Waals surface area contributed by atoms with Crippen molar-refractivity contribution in [3.05, 3.63) is 46.6 Å². The van der Waals surface area contributed by atoms with Crippen molar-refractivity contribution in [3.8, 4) is 0 Å². The highest BCUT2D eigenvalue weighted by molar-refractivity contribution is 9.10. The number of anilines is 1. The molecule has 0 fully saturated rings. The molecule has 0 aliphatic heterocycles. The summed E-state index contributed by atoms with van der Waals surface area (Å²) < 4.78 is 0.793. The third kappa shape index (κ3) is 3.73. The lowest BCUT2D eigenvalue weighted by atomic mass is 10.2. The van der Waals surface area contributed by atoms with E-state index >= 15 is 0 Å². The number of halogens is 1. The van der Waals surface area contributed by atoms with Gasteiger partial charge >= 0.3 is 0 Å². The highest BCUT2D eigenvalue weighted by Gasteiger charge is 2.10. The Kier molecular flexibility index (Phi) is 4.47. The number of aromatic nitrogens is 3. The fraction of sp³-hybridized carbons (Fsp3) is 0.357. The van der Waals surface area contributed by atoms with Gasteiger partial charge in [0.2, 0.25) is 0 Å². The third-order valence-corrected chi connectivity index (χ3v) is 3.13. The number of nitrogens with zero attached hydrogens (tertiary/aromatic N) is 3. The summed E-state index contributed by atoms with van der Waals surface area (Å²) in [6.45, 7) is 6.22.